The summed E-state index contributed by atoms with van der Waals surface area (Å²) < 4.78 is 0. The molecule has 1 aromatic rings. The molecule has 3 heterocycles. The summed E-state index contributed by atoms with van der Waals surface area (Å²) in [6, 6.07) is 0.0614. The zero-order valence-corrected chi connectivity index (χ0v) is 13.8. The number of hydrogen-bond acceptors (Lipinski definition) is 4. The normalized spacial score (nSPS) is 26.5. The molecule has 0 radical (unpaired) electrons. The largest absolute Gasteiger partial charge is 0.341 e. The second-order valence-corrected chi connectivity index (χ2v) is 7.43. The van der Waals surface area contributed by atoms with Crippen molar-refractivity contribution in [3.05, 3.63) is 16.1 Å². The predicted molar refractivity (Wildman–Crippen MR) is 85.8 cm³/mol. The van der Waals surface area contributed by atoms with Gasteiger partial charge in [-0.1, -0.05) is 13.8 Å². The molecule has 21 heavy (non-hydrogen) atoms. The molecular formula is C16H25N3OS. The lowest BCUT2D eigenvalue weighted by Gasteiger charge is -2.33. The Labute approximate surface area is 130 Å². The van der Waals surface area contributed by atoms with Crippen LogP contribution in [0.5, 0.6) is 0 Å². The van der Waals surface area contributed by atoms with Crippen molar-refractivity contribution in [1.29, 1.82) is 0 Å². The minimum absolute atomic E-state index is 0.0614. The third kappa shape index (κ3) is 3.29. The van der Waals surface area contributed by atoms with Crippen molar-refractivity contribution in [2.45, 2.75) is 57.4 Å². The summed E-state index contributed by atoms with van der Waals surface area (Å²) in [5.41, 5.74) is 1.19. The molecule has 116 valence electrons. The van der Waals surface area contributed by atoms with E-state index in [9.17, 15) is 4.79 Å². The lowest BCUT2D eigenvalue weighted by atomic mass is 9.97. The van der Waals surface area contributed by atoms with Gasteiger partial charge in [0.05, 0.1) is 16.7 Å². The van der Waals surface area contributed by atoms with Gasteiger partial charge in [-0.2, -0.15) is 0 Å². The first-order valence-corrected chi connectivity index (χ1v) is 9.00. The minimum Gasteiger partial charge on any atom is -0.341 e. The predicted octanol–water partition coefficient (Wildman–Crippen LogP) is 2.72. The van der Waals surface area contributed by atoms with Gasteiger partial charge >= 0.3 is 0 Å². The van der Waals surface area contributed by atoms with E-state index >= 15 is 0 Å². The Morgan fingerprint density at radius 1 is 1.43 bits per heavy atom. The van der Waals surface area contributed by atoms with E-state index in [0.29, 0.717) is 17.7 Å². The SMILES string of the molecule is CC(C)c1csc(C2CCCN(C(=O)[C@@H]3CCCN3)C2)n1. The van der Waals surface area contributed by atoms with Crippen molar-refractivity contribution >= 4 is 17.2 Å². The summed E-state index contributed by atoms with van der Waals surface area (Å²) in [7, 11) is 0. The highest BCUT2D eigenvalue weighted by molar-refractivity contribution is 7.09. The quantitative estimate of drug-likeness (QED) is 0.934. The van der Waals surface area contributed by atoms with Gasteiger partial charge in [0.1, 0.15) is 0 Å². The van der Waals surface area contributed by atoms with Crippen LogP contribution in [0.3, 0.4) is 0 Å². The Morgan fingerprint density at radius 2 is 2.29 bits per heavy atom. The third-order valence-electron chi connectivity index (χ3n) is 4.57. The van der Waals surface area contributed by atoms with Crippen LogP contribution in [-0.4, -0.2) is 41.5 Å². The van der Waals surface area contributed by atoms with Gasteiger partial charge < -0.3 is 10.2 Å². The number of nitrogens with zero attached hydrogens (tertiary/aromatic N) is 2. The highest BCUT2D eigenvalue weighted by atomic mass is 32.1. The third-order valence-corrected chi connectivity index (χ3v) is 5.60. The summed E-state index contributed by atoms with van der Waals surface area (Å²) in [6.07, 6.45) is 4.37. The molecule has 5 heteroatoms. The van der Waals surface area contributed by atoms with Gasteiger partial charge in [-0.15, -0.1) is 11.3 Å². The van der Waals surface area contributed by atoms with Crippen LogP contribution in [0.25, 0.3) is 0 Å². The molecule has 2 saturated heterocycles. The van der Waals surface area contributed by atoms with Crippen molar-refractivity contribution in [3.8, 4) is 0 Å². The van der Waals surface area contributed by atoms with Crippen LogP contribution in [0.15, 0.2) is 5.38 Å². The van der Waals surface area contributed by atoms with E-state index in [-0.39, 0.29) is 6.04 Å². The lowest BCUT2D eigenvalue weighted by Crippen LogP contribution is -2.47. The molecule has 1 aromatic heterocycles. The number of hydrogen-bond donors (Lipinski definition) is 1. The Kier molecular flexibility index (Phi) is 4.60. The average molecular weight is 307 g/mol. The first-order valence-electron chi connectivity index (χ1n) is 8.12. The molecule has 2 aliphatic rings. The van der Waals surface area contributed by atoms with Crippen molar-refractivity contribution in [2.75, 3.05) is 19.6 Å². The molecule has 1 amide bonds. The molecule has 0 aromatic carbocycles. The Balaban J connectivity index is 1.65. The van der Waals surface area contributed by atoms with E-state index in [1.807, 2.05) is 0 Å². The van der Waals surface area contributed by atoms with E-state index in [1.165, 1.54) is 10.7 Å². The van der Waals surface area contributed by atoms with Crippen LogP contribution >= 0.6 is 11.3 Å². The van der Waals surface area contributed by atoms with E-state index < -0.39 is 0 Å². The molecule has 2 aliphatic heterocycles. The molecular weight excluding hydrogens is 282 g/mol. The topological polar surface area (TPSA) is 45.2 Å². The molecule has 2 atom stereocenters. The molecule has 0 saturated carbocycles. The molecule has 1 unspecified atom stereocenters. The fourth-order valence-electron chi connectivity index (χ4n) is 3.25. The monoisotopic (exact) mass is 307 g/mol. The van der Waals surface area contributed by atoms with E-state index in [0.717, 1.165) is 45.3 Å². The summed E-state index contributed by atoms with van der Waals surface area (Å²) in [5.74, 6) is 1.22. The number of piperidine rings is 1. The number of amides is 1. The number of carbonyl (C=O) groups excluding carboxylic acids is 1. The Bertz CT molecular complexity index is 493. The summed E-state index contributed by atoms with van der Waals surface area (Å²) in [6.45, 7) is 7.11. The van der Waals surface area contributed by atoms with Crippen LogP contribution in [0.4, 0.5) is 0 Å². The number of rotatable bonds is 3. The zero-order chi connectivity index (χ0) is 14.8. The van der Waals surface area contributed by atoms with Crippen LogP contribution in [0.1, 0.15) is 62.1 Å². The van der Waals surface area contributed by atoms with Crippen molar-refractivity contribution in [1.82, 2.24) is 15.2 Å². The van der Waals surface area contributed by atoms with E-state index in [2.05, 4.69) is 29.4 Å². The van der Waals surface area contributed by atoms with E-state index in [4.69, 9.17) is 4.98 Å². The maximum Gasteiger partial charge on any atom is 0.239 e. The second kappa shape index (κ2) is 6.44. The van der Waals surface area contributed by atoms with Crippen molar-refractivity contribution in [3.63, 3.8) is 0 Å². The molecule has 0 bridgehead atoms. The summed E-state index contributed by atoms with van der Waals surface area (Å²) in [4.78, 5) is 19.4. The maximum atomic E-state index is 12.5. The van der Waals surface area contributed by atoms with Crippen molar-refractivity contribution in [2.24, 2.45) is 0 Å². The average Bonchev–Trinajstić information content (AvgIpc) is 3.18. The van der Waals surface area contributed by atoms with Gasteiger partial charge in [-0.3, -0.25) is 4.79 Å². The minimum atomic E-state index is 0.0614. The highest BCUT2D eigenvalue weighted by Gasteiger charge is 2.31. The fraction of sp³-hybridized carbons (Fsp3) is 0.750. The van der Waals surface area contributed by atoms with Gasteiger partial charge in [-0.05, 0) is 38.1 Å². The molecule has 1 N–H and O–H groups in total. The number of carbonyl (C=O) groups is 1. The van der Waals surface area contributed by atoms with E-state index in [1.54, 1.807) is 11.3 Å². The van der Waals surface area contributed by atoms with Gasteiger partial charge in [0.25, 0.3) is 0 Å². The maximum absolute atomic E-state index is 12.5. The molecule has 4 nitrogen and oxygen atoms in total. The number of thiazole rings is 1. The highest BCUT2D eigenvalue weighted by Crippen LogP contribution is 2.31. The zero-order valence-electron chi connectivity index (χ0n) is 13.0. The Hall–Kier alpha value is -0.940. The van der Waals surface area contributed by atoms with Gasteiger partial charge in [0.2, 0.25) is 5.91 Å². The van der Waals surface area contributed by atoms with Gasteiger partial charge in [0.15, 0.2) is 0 Å². The van der Waals surface area contributed by atoms with Gasteiger partial charge in [0, 0.05) is 24.4 Å². The lowest BCUT2D eigenvalue weighted by molar-refractivity contribution is -0.134. The van der Waals surface area contributed by atoms with Gasteiger partial charge in [-0.25, -0.2) is 4.98 Å². The number of aromatic nitrogens is 1. The number of likely N-dealkylation sites (tertiary alicyclic amines) is 1. The summed E-state index contributed by atoms with van der Waals surface area (Å²) in [5, 5.41) is 6.72. The molecule has 0 aliphatic carbocycles. The van der Waals surface area contributed by atoms with Crippen LogP contribution < -0.4 is 5.32 Å². The van der Waals surface area contributed by atoms with Crippen LogP contribution in [-0.2, 0) is 4.79 Å². The summed E-state index contributed by atoms with van der Waals surface area (Å²) >= 11 is 1.77. The van der Waals surface area contributed by atoms with Crippen molar-refractivity contribution < 1.29 is 4.79 Å². The van der Waals surface area contributed by atoms with Crippen LogP contribution in [0.2, 0.25) is 0 Å². The molecule has 3 rings (SSSR count). The Morgan fingerprint density at radius 3 is 2.95 bits per heavy atom. The standard InChI is InChI=1S/C16H25N3OS/c1-11(2)14-10-21-15(18-14)12-5-4-8-19(9-12)16(20)13-6-3-7-17-13/h10-13,17H,3-9H2,1-2H3/t12?,13-/m0/s1. The number of nitrogens with one attached hydrogen (secondary N) is 1. The molecule has 2 fully saturated rings. The smallest absolute Gasteiger partial charge is 0.239 e. The molecule has 0 spiro atoms. The first kappa shape index (κ1) is 15.0. The first-order chi connectivity index (χ1) is 10.1. The van der Waals surface area contributed by atoms with Crippen LogP contribution in [0, 0.1) is 0 Å². The second-order valence-electron chi connectivity index (χ2n) is 6.54. The fourth-order valence-corrected chi connectivity index (χ4v) is 4.36.